The monoisotopic (exact) mass is 268 g/mol. The Morgan fingerprint density at radius 1 is 1.53 bits per heavy atom. The molecule has 0 saturated heterocycles. The normalized spacial score (nSPS) is 11.5. The smallest absolute Gasteiger partial charge is 0.250 e. The molecule has 0 unspecified atom stereocenters. The first-order valence-electron chi connectivity index (χ1n) is 3.95. The predicted molar refractivity (Wildman–Crippen MR) is 58.3 cm³/mol. The van der Waals surface area contributed by atoms with E-state index in [2.05, 4.69) is 4.72 Å². The van der Waals surface area contributed by atoms with Gasteiger partial charge < -0.3 is 5.73 Å². The first-order valence-corrected chi connectivity index (χ1v) is 6.63. The van der Waals surface area contributed by atoms with Gasteiger partial charge in [-0.2, -0.15) is 0 Å². The van der Waals surface area contributed by atoms with Crippen LogP contribution < -0.4 is 10.5 Å². The minimum Gasteiger partial charge on any atom is -0.370 e. The lowest BCUT2D eigenvalue weighted by Gasteiger charge is -2.02. The summed E-state index contributed by atoms with van der Waals surface area (Å²) >= 11 is 6.56. The molecule has 0 aliphatic heterocycles. The van der Waals surface area contributed by atoms with E-state index in [-0.39, 0.29) is 17.2 Å². The van der Waals surface area contributed by atoms with Crippen LogP contribution in [0.25, 0.3) is 0 Å². The summed E-state index contributed by atoms with van der Waals surface area (Å²) in [4.78, 5) is 10.4. The second-order valence-corrected chi connectivity index (χ2v) is 6.38. The molecular weight excluding hydrogens is 260 g/mol. The Bertz CT molecular complexity index is 455. The third-order valence-electron chi connectivity index (χ3n) is 1.48. The quantitative estimate of drug-likeness (QED) is 0.817. The Morgan fingerprint density at radius 2 is 2.20 bits per heavy atom. The van der Waals surface area contributed by atoms with E-state index in [0.717, 1.165) is 11.3 Å². The summed E-state index contributed by atoms with van der Waals surface area (Å²) < 4.78 is 25.8. The largest absolute Gasteiger partial charge is 0.370 e. The average molecular weight is 269 g/mol. The van der Waals surface area contributed by atoms with Gasteiger partial charge in [0.05, 0.1) is 4.34 Å². The first-order chi connectivity index (χ1) is 6.92. The Balaban J connectivity index is 2.64. The molecule has 84 valence electrons. The second kappa shape index (κ2) is 4.93. The van der Waals surface area contributed by atoms with Crippen LogP contribution in [-0.4, -0.2) is 20.9 Å². The summed E-state index contributed by atoms with van der Waals surface area (Å²) in [5, 5.41) is 0. The number of primary amides is 1. The summed E-state index contributed by atoms with van der Waals surface area (Å²) in [7, 11) is -3.56. The van der Waals surface area contributed by atoms with Crippen molar-refractivity contribution in [1.29, 1.82) is 0 Å². The molecule has 5 nitrogen and oxygen atoms in total. The first kappa shape index (κ1) is 12.4. The summed E-state index contributed by atoms with van der Waals surface area (Å²) in [5.41, 5.74) is 4.87. The predicted octanol–water partition coefficient (Wildman–Crippen LogP) is 0.555. The van der Waals surface area contributed by atoms with Gasteiger partial charge in [-0.25, -0.2) is 13.1 Å². The molecule has 0 atom stereocenters. The summed E-state index contributed by atoms with van der Waals surface area (Å²) in [6, 6.07) is 2.90. The fourth-order valence-corrected chi connectivity index (χ4v) is 3.38. The third kappa shape index (κ3) is 3.78. The van der Waals surface area contributed by atoms with Gasteiger partial charge in [0, 0.05) is 13.0 Å². The Hall–Kier alpha value is -0.630. The van der Waals surface area contributed by atoms with Crippen LogP contribution in [0.15, 0.2) is 16.3 Å². The highest BCUT2D eigenvalue weighted by molar-refractivity contribution is 7.91. The molecule has 15 heavy (non-hydrogen) atoms. The molecule has 0 bridgehead atoms. The minimum atomic E-state index is -3.56. The number of halogens is 1. The van der Waals surface area contributed by atoms with Crippen molar-refractivity contribution in [3.63, 3.8) is 0 Å². The highest BCUT2D eigenvalue weighted by Crippen LogP contribution is 2.25. The van der Waals surface area contributed by atoms with Crippen LogP contribution in [0, 0.1) is 0 Å². The molecule has 1 amide bonds. The number of amides is 1. The van der Waals surface area contributed by atoms with Gasteiger partial charge >= 0.3 is 0 Å². The number of rotatable bonds is 5. The molecule has 0 aliphatic rings. The zero-order valence-electron chi connectivity index (χ0n) is 7.57. The highest BCUT2D eigenvalue weighted by Gasteiger charge is 2.15. The number of carbonyl (C=O) groups is 1. The van der Waals surface area contributed by atoms with Gasteiger partial charge in [0.25, 0.3) is 0 Å². The Morgan fingerprint density at radius 3 is 2.67 bits per heavy atom. The minimum absolute atomic E-state index is 0.00676. The molecule has 1 rings (SSSR count). The average Bonchev–Trinajstić information content (AvgIpc) is 2.51. The molecule has 1 aromatic rings. The number of hydrogen-bond acceptors (Lipinski definition) is 4. The van der Waals surface area contributed by atoms with Gasteiger partial charge in [-0.1, -0.05) is 11.6 Å². The maximum absolute atomic E-state index is 11.5. The summed E-state index contributed by atoms with van der Waals surface area (Å²) in [5.74, 6) is -0.554. The summed E-state index contributed by atoms with van der Waals surface area (Å²) in [6.45, 7) is -0.00676. The maximum atomic E-state index is 11.5. The number of thiophene rings is 1. The lowest BCUT2D eigenvalue weighted by molar-refractivity contribution is -0.117. The van der Waals surface area contributed by atoms with Crippen LogP contribution in [0.3, 0.4) is 0 Å². The van der Waals surface area contributed by atoms with Crippen molar-refractivity contribution in [1.82, 2.24) is 4.72 Å². The zero-order chi connectivity index (χ0) is 11.5. The van der Waals surface area contributed by atoms with E-state index < -0.39 is 15.9 Å². The van der Waals surface area contributed by atoms with Crippen LogP contribution in [-0.2, 0) is 14.8 Å². The number of nitrogens with one attached hydrogen (secondary N) is 1. The van der Waals surface area contributed by atoms with Crippen molar-refractivity contribution in [3.8, 4) is 0 Å². The van der Waals surface area contributed by atoms with E-state index in [9.17, 15) is 13.2 Å². The Labute approximate surface area is 96.3 Å². The number of nitrogens with two attached hydrogens (primary N) is 1. The van der Waals surface area contributed by atoms with Crippen LogP contribution in [0.5, 0.6) is 0 Å². The maximum Gasteiger partial charge on any atom is 0.250 e. The van der Waals surface area contributed by atoms with E-state index in [1.54, 1.807) is 0 Å². The van der Waals surface area contributed by atoms with Crippen molar-refractivity contribution in [2.75, 3.05) is 6.54 Å². The topological polar surface area (TPSA) is 89.3 Å². The molecule has 0 fully saturated rings. The summed E-state index contributed by atoms with van der Waals surface area (Å²) in [6.07, 6.45) is -0.0294. The molecule has 0 aliphatic carbocycles. The van der Waals surface area contributed by atoms with Gasteiger partial charge in [0.15, 0.2) is 0 Å². The van der Waals surface area contributed by atoms with Crippen molar-refractivity contribution in [3.05, 3.63) is 16.5 Å². The van der Waals surface area contributed by atoms with E-state index in [4.69, 9.17) is 17.3 Å². The van der Waals surface area contributed by atoms with Crippen molar-refractivity contribution < 1.29 is 13.2 Å². The number of sulfonamides is 1. The van der Waals surface area contributed by atoms with E-state index in [0.29, 0.717) is 4.34 Å². The number of carbonyl (C=O) groups excluding carboxylic acids is 1. The number of hydrogen-bond donors (Lipinski definition) is 2. The fraction of sp³-hybridized carbons (Fsp3) is 0.286. The van der Waals surface area contributed by atoms with Gasteiger partial charge in [-0.3, -0.25) is 4.79 Å². The fourth-order valence-electron chi connectivity index (χ4n) is 0.822. The van der Waals surface area contributed by atoms with Crippen LogP contribution in [0.2, 0.25) is 4.34 Å². The molecule has 0 spiro atoms. The highest BCUT2D eigenvalue weighted by atomic mass is 35.5. The molecule has 1 aromatic heterocycles. The lowest BCUT2D eigenvalue weighted by atomic mass is 10.4. The van der Waals surface area contributed by atoms with Crippen molar-refractivity contribution in [2.45, 2.75) is 10.6 Å². The van der Waals surface area contributed by atoms with E-state index in [1.165, 1.54) is 12.1 Å². The van der Waals surface area contributed by atoms with Crippen LogP contribution >= 0.6 is 22.9 Å². The standard InChI is InChI=1S/C7H9ClN2O3S2/c8-5-1-2-7(14-5)15(12,13)10-4-3-6(9)11/h1-2,10H,3-4H2,(H2,9,11). The third-order valence-corrected chi connectivity index (χ3v) is 4.66. The van der Waals surface area contributed by atoms with Gasteiger partial charge in [0.2, 0.25) is 15.9 Å². The Kier molecular flexibility index (Phi) is 4.09. The lowest BCUT2D eigenvalue weighted by Crippen LogP contribution is -2.27. The molecule has 8 heteroatoms. The molecule has 3 N–H and O–H groups in total. The van der Waals surface area contributed by atoms with Gasteiger partial charge in [-0.05, 0) is 12.1 Å². The van der Waals surface area contributed by atoms with Crippen molar-refractivity contribution >= 4 is 38.9 Å². The van der Waals surface area contributed by atoms with E-state index in [1.807, 2.05) is 0 Å². The van der Waals surface area contributed by atoms with Crippen molar-refractivity contribution in [2.24, 2.45) is 5.73 Å². The van der Waals surface area contributed by atoms with Gasteiger partial charge in [-0.15, -0.1) is 11.3 Å². The molecule has 1 heterocycles. The van der Waals surface area contributed by atoms with Gasteiger partial charge in [0.1, 0.15) is 4.21 Å². The molecule has 0 aromatic carbocycles. The molecule has 0 saturated carbocycles. The molecular formula is C7H9ClN2O3S2. The zero-order valence-corrected chi connectivity index (χ0v) is 9.95. The second-order valence-electron chi connectivity index (χ2n) is 2.67. The molecule has 0 radical (unpaired) electrons. The van der Waals surface area contributed by atoms with Crippen LogP contribution in [0.1, 0.15) is 6.42 Å². The van der Waals surface area contributed by atoms with Crippen LogP contribution in [0.4, 0.5) is 0 Å². The SMILES string of the molecule is NC(=O)CCNS(=O)(=O)c1ccc(Cl)s1. The van der Waals surface area contributed by atoms with E-state index >= 15 is 0 Å².